The third-order valence-corrected chi connectivity index (χ3v) is 5.76. The summed E-state index contributed by atoms with van der Waals surface area (Å²) in [6, 6.07) is 19.2. The molecule has 1 heterocycles. The summed E-state index contributed by atoms with van der Waals surface area (Å²) < 4.78 is 39.8. The summed E-state index contributed by atoms with van der Waals surface area (Å²) in [4.78, 5) is 16.1. The Morgan fingerprint density at radius 2 is 1.69 bits per heavy atom. The van der Waals surface area contributed by atoms with Gasteiger partial charge in [-0.1, -0.05) is 50.2 Å². The highest BCUT2D eigenvalue weighted by Crippen LogP contribution is 2.36. The molecule has 0 saturated heterocycles. The maximum atomic E-state index is 13.3. The third kappa shape index (κ3) is 5.60. The Labute approximate surface area is 202 Å². The van der Waals surface area contributed by atoms with Gasteiger partial charge in [-0.05, 0) is 72.0 Å². The van der Waals surface area contributed by atoms with Crippen molar-refractivity contribution in [2.24, 2.45) is 0 Å². The van der Waals surface area contributed by atoms with Crippen LogP contribution >= 0.6 is 0 Å². The van der Waals surface area contributed by atoms with E-state index in [0.29, 0.717) is 22.7 Å². The van der Waals surface area contributed by atoms with Crippen molar-refractivity contribution in [1.29, 1.82) is 0 Å². The van der Waals surface area contributed by atoms with Crippen molar-refractivity contribution >= 4 is 34.1 Å². The fraction of sp³-hybridized carbons (Fsp3) is 0.172. The molecule has 178 valence electrons. The quantitative estimate of drug-likeness (QED) is 0.285. The Morgan fingerprint density at radius 3 is 2.34 bits per heavy atom. The Balaban J connectivity index is 1.85. The zero-order valence-electron chi connectivity index (χ0n) is 19.6. The van der Waals surface area contributed by atoms with Crippen molar-refractivity contribution < 1.29 is 18.0 Å². The molecule has 0 amide bonds. The first-order chi connectivity index (χ1) is 16.6. The minimum Gasteiger partial charge on any atom is -0.354 e. The molecular weight excluding hydrogens is 449 g/mol. The number of ketones is 1. The number of hydrogen-bond acceptors (Lipinski definition) is 3. The number of rotatable bonds is 6. The van der Waals surface area contributed by atoms with Crippen LogP contribution in [0.5, 0.6) is 0 Å². The SMILES string of the molecule is CC(=O)/C=C/c1cnc2ccc(-c3ccc(C(C)C)cc3)cc2c1Nc1cccc(C(F)(F)F)c1. The maximum Gasteiger partial charge on any atom is 0.416 e. The number of benzene rings is 3. The van der Waals surface area contributed by atoms with Gasteiger partial charge in [0.05, 0.1) is 16.8 Å². The topological polar surface area (TPSA) is 42.0 Å². The molecule has 0 aliphatic carbocycles. The van der Waals surface area contributed by atoms with Gasteiger partial charge in [0.15, 0.2) is 5.78 Å². The predicted octanol–water partition coefficient (Wildman–Crippen LogP) is 8.39. The number of alkyl halides is 3. The zero-order chi connectivity index (χ0) is 25.2. The second kappa shape index (κ2) is 9.74. The van der Waals surface area contributed by atoms with Crippen molar-refractivity contribution in [3.63, 3.8) is 0 Å². The maximum absolute atomic E-state index is 13.3. The summed E-state index contributed by atoms with van der Waals surface area (Å²) in [5.74, 6) is 0.276. The number of nitrogens with zero attached hydrogens (tertiary/aromatic N) is 1. The van der Waals surface area contributed by atoms with Crippen molar-refractivity contribution in [3.05, 3.63) is 95.7 Å². The summed E-state index contributed by atoms with van der Waals surface area (Å²) in [6.07, 6.45) is 0.184. The largest absolute Gasteiger partial charge is 0.416 e. The Morgan fingerprint density at radius 1 is 0.971 bits per heavy atom. The molecule has 0 atom stereocenters. The van der Waals surface area contributed by atoms with Gasteiger partial charge in [-0.2, -0.15) is 13.2 Å². The van der Waals surface area contributed by atoms with Crippen LogP contribution in [-0.2, 0) is 11.0 Å². The van der Waals surface area contributed by atoms with Crippen LogP contribution in [-0.4, -0.2) is 10.8 Å². The lowest BCUT2D eigenvalue weighted by molar-refractivity contribution is -0.137. The number of hydrogen-bond donors (Lipinski definition) is 1. The van der Waals surface area contributed by atoms with Gasteiger partial charge < -0.3 is 5.32 Å². The van der Waals surface area contributed by atoms with Crippen LogP contribution in [0, 0.1) is 0 Å². The highest BCUT2D eigenvalue weighted by Gasteiger charge is 2.30. The van der Waals surface area contributed by atoms with E-state index < -0.39 is 11.7 Å². The second-order valence-electron chi connectivity index (χ2n) is 8.74. The minimum absolute atomic E-state index is 0.144. The van der Waals surface area contributed by atoms with E-state index >= 15 is 0 Å². The summed E-state index contributed by atoms with van der Waals surface area (Å²) in [7, 11) is 0. The van der Waals surface area contributed by atoms with Crippen LogP contribution in [0.1, 0.15) is 43.4 Å². The normalized spacial score (nSPS) is 12.0. The standard InChI is InChI=1S/C29H25F3N2O/c1-18(2)20-9-11-21(12-10-20)22-13-14-27-26(15-22)28(23(17-33-27)8-7-19(3)35)34-25-6-4-5-24(16-25)29(30,31)32/h4-18H,1-3H3,(H,33,34)/b8-7+. The van der Waals surface area contributed by atoms with Gasteiger partial charge in [-0.3, -0.25) is 9.78 Å². The number of nitrogens with one attached hydrogen (secondary N) is 1. The summed E-state index contributed by atoms with van der Waals surface area (Å²) >= 11 is 0. The number of fused-ring (bicyclic) bond motifs is 1. The number of allylic oxidation sites excluding steroid dienone is 1. The molecule has 3 aromatic carbocycles. The molecule has 35 heavy (non-hydrogen) atoms. The fourth-order valence-electron chi connectivity index (χ4n) is 3.84. The van der Waals surface area contributed by atoms with Gasteiger partial charge in [0.25, 0.3) is 0 Å². The van der Waals surface area contributed by atoms with Crippen LogP contribution in [0.3, 0.4) is 0 Å². The molecule has 6 heteroatoms. The lowest BCUT2D eigenvalue weighted by Gasteiger charge is -2.16. The van der Waals surface area contributed by atoms with Crippen LogP contribution in [0.2, 0.25) is 0 Å². The highest BCUT2D eigenvalue weighted by molar-refractivity contribution is 6.01. The van der Waals surface area contributed by atoms with Crippen molar-refractivity contribution in [1.82, 2.24) is 4.98 Å². The third-order valence-electron chi connectivity index (χ3n) is 5.76. The molecule has 0 saturated carbocycles. The van der Waals surface area contributed by atoms with Crippen LogP contribution in [0.4, 0.5) is 24.5 Å². The number of pyridine rings is 1. The smallest absolute Gasteiger partial charge is 0.354 e. The molecule has 0 radical (unpaired) electrons. The van der Waals surface area contributed by atoms with Gasteiger partial charge in [0, 0.05) is 22.8 Å². The van der Waals surface area contributed by atoms with E-state index in [1.54, 1.807) is 18.3 Å². The van der Waals surface area contributed by atoms with Crippen molar-refractivity contribution in [3.8, 4) is 11.1 Å². The van der Waals surface area contributed by atoms with Crippen LogP contribution in [0.25, 0.3) is 28.1 Å². The van der Waals surface area contributed by atoms with E-state index in [9.17, 15) is 18.0 Å². The molecule has 0 aliphatic rings. The average Bonchev–Trinajstić information content (AvgIpc) is 2.83. The Hall–Kier alpha value is -3.93. The lowest BCUT2D eigenvalue weighted by atomic mass is 9.97. The second-order valence-corrected chi connectivity index (χ2v) is 8.74. The molecule has 0 bridgehead atoms. The molecule has 4 aromatic rings. The Bertz CT molecular complexity index is 1400. The average molecular weight is 475 g/mol. The highest BCUT2D eigenvalue weighted by atomic mass is 19.4. The minimum atomic E-state index is -4.45. The first-order valence-corrected chi connectivity index (χ1v) is 11.3. The lowest BCUT2D eigenvalue weighted by Crippen LogP contribution is -2.05. The predicted molar refractivity (Wildman–Crippen MR) is 136 cm³/mol. The number of halogens is 3. The number of carbonyl (C=O) groups excluding carboxylic acids is 1. The van der Waals surface area contributed by atoms with E-state index in [0.717, 1.165) is 28.6 Å². The van der Waals surface area contributed by atoms with Crippen LogP contribution in [0.15, 0.2) is 79.0 Å². The van der Waals surface area contributed by atoms with E-state index in [1.165, 1.54) is 24.6 Å². The Kier molecular flexibility index (Phi) is 6.74. The first kappa shape index (κ1) is 24.2. The summed E-state index contributed by atoms with van der Waals surface area (Å²) in [5, 5.41) is 3.89. The molecule has 4 rings (SSSR count). The summed E-state index contributed by atoms with van der Waals surface area (Å²) in [5.41, 5.74) is 4.61. The fourth-order valence-corrected chi connectivity index (χ4v) is 3.84. The molecule has 1 aromatic heterocycles. The van der Waals surface area contributed by atoms with Gasteiger partial charge >= 0.3 is 6.18 Å². The van der Waals surface area contributed by atoms with Crippen molar-refractivity contribution in [2.45, 2.75) is 32.9 Å². The molecule has 0 unspecified atom stereocenters. The zero-order valence-corrected chi connectivity index (χ0v) is 19.6. The van der Waals surface area contributed by atoms with Crippen LogP contribution < -0.4 is 5.32 Å². The van der Waals surface area contributed by atoms with E-state index in [1.807, 2.05) is 18.2 Å². The van der Waals surface area contributed by atoms with E-state index in [-0.39, 0.29) is 11.5 Å². The van der Waals surface area contributed by atoms with Gasteiger partial charge in [0.2, 0.25) is 0 Å². The molecule has 1 N–H and O–H groups in total. The first-order valence-electron chi connectivity index (χ1n) is 11.3. The van der Waals surface area contributed by atoms with Crippen molar-refractivity contribution in [2.75, 3.05) is 5.32 Å². The van der Waals surface area contributed by atoms with Gasteiger partial charge in [-0.25, -0.2) is 0 Å². The summed E-state index contributed by atoms with van der Waals surface area (Å²) in [6.45, 7) is 5.71. The number of carbonyl (C=O) groups is 1. The molecule has 3 nitrogen and oxygen atoms in total. The monoisotopic (exact) mass is 474 g/mol. The molecule has 0 spiro atoms. The number of anilines is 2. The molecule has 0 fully saturated rings. The molecular formula is C29H25F3N2O. The van der Waals surface area contributed by atoms with Gasteiger partial charge in [0.1, 0.15) is 0 Å². The molecule has 0 aliphatic heterocycles. The van der Waals surface area contributed by atoms with E-state index in [4.69, 9.17) is 0 Å². The number of aromatic nitrogens is 1. The van der Waals surface area contributed by atoms with Gasteiger partial charge in [-0.15, -0.1) is 0 Å². The van der Waals surface area contributed by atoms with E-state index in [2.05, 4.69) is 48.4 Å².